The van der Waals surface area contributed by atoms with E-state index >= 15 is 0 Å². The van der Waals surface area contributed by atoms with E-state index in [-0.39, 0.29) is 5.02 Å². The summed E-state index contributed by atoms with van der Waals surface area (Å²) in [5, 5.41) is 14.1. The van der Waals surface area contributed by atoms with E-state index in [0.717, 1.165) is 37.8 Å². The second-order valence-electron chi connectivity index (χ2n) is 5.48. The van der Waals surface area contributed by atoms with E-state index in [1.165, 1.54) is 6.07 Å². The molecule has 1 aromatic rings. The van der Waals surface area contributed by atoms with Crippen LogP contribution in [0.3, 0.4) is 0 Å². The molecule has 0 heterocycles. The Morgan fingerprint density at radius 2 is 2.11 bits per heavy atom. The maximum atomic E-state index is 13.4. The SMILES string of the molecule is CCNC1CCC(O)(Cc2ccc(Cl)c(F)c2)CC1. The largest absolute Gasteiger partial charge is 0.390 e. The summed E-state index contributed by atoms with van der Waals surface area (Å²) in [4.78, 5) is 0. The fourth-order valence-electron chi connectivity index (χ4n) is 2.85. The molecule has 0 spiro atoms. The van der Waals surface area contributed by atoms with E-state index < -0.39 is 11.4 Å². The van der Waals surface area contributed by atoms with Gasteiger partial charge in [0.05, 0.1) is 10.6 Å². The molecule has 1 aliphatic rings. The number of benzene rings is 1. The highest BCUT2D eigenvalue weighted by atomic mass is 35.5. The molecule has 0 unspecified atom stereocenters. The minimum atomic E-state index is -0.702. The summed E-state index contributed by atoms with van der Waals surface area (Å²) in [6.07, 6.45) is 3.96. The Labute approximate surface area is 119 Å². The molecule has 0 atom stereocenters. The summed E-state index contributed by atoms with van der Waals surface area (Å²) < 4.78 is 13.4. The lowest BCUT2D eigenvalue weighted by Gasteiger charge is -2.36. The molecule has 106 valence electrons. The van der Waals surface area contributed by atoms with Crippen LogP contribution in [0.2, 0.25) is 5.02 Å². The van der Waals surface area contributed by atoms with Gasteiger partial charge in [0, 0.05) is 12.5 Å². The smallest absolute Gasteiger partial charge is 0.142 e. The van der Waals surface area contributed by atoms with Crippen LogP contribution in [0.4, 0.5) is 4.39 Å². The minimum absolute atomic E-state index is 0.131. The summed E-state index contributed by atoms with van der Waals surface area (Å²) in [6, 6.07) is 5.28. The van der Waals surface area contributed by atoms with Crippen LogP contribution >= 0.6 is 11.6 Å². The summed E-state index contributed by atoms with van der Waals surface area (Å²) in [5.74, 6) is -0.413. The Hall–Kier alpha value is -0.640. The zero-order valence-corrected chi connectivity index (χ0v) is 12.0. The van der Waals surface area contributed by atoms with Crippen molar-refractivity contribution in [3.63, 3.8) is 0 Å². The highest BCUT2D eigenvalue weighted by Gasteiger charge is 2.33. The van der Waals surface area contributed by atoms with Crippen LogP contribution in [0, 0.1) is 5.82 Å². The molecule has 4 heteroatoms. The molecule has 0 saturated heterocycles. The first-order chi connectivity index (χ1) is 9.02. The molecule has 0 bridgehead atoms. The van der Waals surface area contributed by atoms with Crippen molar-refractivity contribution in [2.75, 3.05) is 6.54 Å². The average molecular weight is 286 g/mol. The molecule has 0 aromatic heterocycles. The van der Waals surface area contributed by atoms with Crippen LogP contribution < -0.4 is 5.32 Å². The standard InChI is InChI=1S/C15H21ClFNO/c1-2-18-12-5-7-15(19,8-6-12)10-11-3-4-13(16)14(17)9-11/h3-4,9,12,18-19H,2,5-8,10H2,1H3. The average Bonchev–Trinajstić information content (AvgIpc) is 2.37. The number of nitrogens with one attached hydrogen (secondary N) is 1. The van der Waals surface area contributed by atoms with Crippen molar-refractivity contribution < 1.29 is 9.50 Å². The Bertz CT molecular complexity index is 430. The first-order valence-electron chi connectivity index (χ1n) is 6.92. The normalized spacial score (nSPS) is 27.5. The molecule has 0 aliphatic heterocycles. The van der Waals surface area contributed by atoms with Crippen molar-refractivity contribution in [2.45, 2.75) is 50.7 Å². The maximum absolute atomic E-state index is 13.4. The van der Waals surface area contributed by atoms with Crippen LogP contribution in [0.5, 0.6) is 0 Å². The fraction of sp³-hybridized carbons (Fsp3) is 0.600. The number of hydrogen-bond acceptors (Lipinski definition) is 2. The van der Waals surface area contributed by atoms with Gasteiger partial charge in [-0.05, 0) is 49.9 Å². The summed E-state index contributed by atoms with van der Waals surface area (Å²) in [5.41, 5.74) is 0.109. The van der Waals surface area contributed by atoms with Gasteiger partial charge < -0.3 is 10.4 Å². The van der Waals surface area contributed by atoms with Gasteiger partial charge in [0.2, 0.25) is 0 Å². The lowest BCUT2D eigenvalue weighted by molar-refractivity contribution is -0.00298. The van der Waals surface area contributed by atoms with Gasteiger partial charge in [-0.3, -0.25) is 0 Å². The van der Waals surface area contributed by atoms with E-state index in [9.17, 15) is 9.50 Å². The van der Waals surface area contributed by atoms with Gasteiger partial charge in [0.25, 0.3) is 0 Å². The third-order valence-corrected chi connectivity index (χ3v) is 4.23. The lowest BCUT2D eigenvalue weighted by Crippen LogP contribution is -2.42. The van der Waals surface area contributed by atoms with Crippen molar-refractivity contribution in [3.8, 4) is 0 Å². The van der Waals surface area contributed by atoms with Gasteiger partial charge in [-0.2, -0.15) is 0 Å². The predicted molar refractivity (Wildman–Crippen MR) is 76.0 cm³/mol. The molecule has 2 rings (SSSR count). The molecule has 0 amide bonds. The molecule has 1 aliphatic carbocycles. The number of hydrogen-bond donors (Lipinski definition) is 2. The van der Waals surface area contributed by atoms with Crippen molar-refractivity contribution in [1.29, 1.82) is 0 Å². The quantitative estimate of drug-likeness (QED) is 0.890. The molecule has 0 radical (unpaired) electrons. The second kappa shape index (κ2) is 6.21. The second-order valence-corrected chi connectivity index (χ2v) is 5.89. The van der Waals surface area contributed by atoms with Gasteiger partial charge in [-0.15, -0.1) is 0 Å². The molecule has 1 aromatic carbocycles. The Kier molecular flexibility index (Phi) is 4.82. The van der Waals surface area contributed by atoms with Crippen molar-refractivity contribution in [3.05, 3.63) is 34.6 Å². The van der Waals surface area contributed by atoms with Gasteiger partial charge in [-0.1, -0.05) is 24.6 Å². The number of halogens is 2. The van der Waals surface area contributed by atoms with Crippen molar-refractivity contribution in [1.82, 2.24) is 5.32 Å². The third-order valence-electron chi connectivity index (χ3n) is 3.93. The van der Waals surface area contributed by atoms with Crippen LogP contribution in [-0.2, 0) is 6.42 Å². The predicted octanol–water partition coefficient (Wildman–Crippen LogP) is 3.30. The zero-order chi connectivity index (χ0) is 13.9. The minimum Gasteiger partial charge on any atom is -0.390 e. The first kappa shape index (κ1) is 14.8. The molecule has 2 nitrogen and oxygen atoms in total. The first-order valence-corrected chi connectivity index (χ1v) is 7.30. The van der Waals surface area contributed by atoms with Crippen LogP contribution in [0.1, 0.15) is 38.2 Å². The van der Waals surface area contributed by atoms with E-state index in [1.807, 2.05) is 0 Å². The van der Waals surface area contributed by atoms with Crippen molar-refractivity contribution in [2.24, 2.45) is 0 Å². The summed E-state index contributed by atoms with van der Waals surface area (Å²) in [7, 11) is 0. The molecule has 19 heavy (non-hydrogen) atoms. The topological polar surface area (TPSA) is 32.3 Å². The maximum Gasteiger partial charge on any atom is 0.142 e. The van der Waals surface area contributed by atoms with Gasteiger partial charge in [0.1, 0.15) is 5.82 Å². The Morgan fingerprint density at radius 1 is 1.42 bits per heavy atom. The van der Waals surface area contributed by atoms with Gasteiger partial charge in [-0.25, -0.2) is 4.39 Å². The van der Waals surface area contributed by atoms with E-state index in [2.05, 4.69) is 12.2 Å². The van der Waals surface area contributed by atoms with Crippen LogP contribution in [0.15, 0.2) is 18.2 Å². The summed E-state index contributed by atoms with van der Waals surface area (Å²) >= 11 is 5.67. The lowest BCUT2D eigenvalue weighted by atomic mass is 9.78. The number of aliphatic hydroxyl groups is 1. The number of rotatable bonds is 4. The monoisotopic (exact) mass is 285 g/mol. The zero-order valence-electron chi connectivity index (χ0n) is 11.3. The highest BCUT2D eigenvalue weighted by Crippen LogP contribution is 2.32. The van der Waals surface area contributed by atoms with Crippen LogP contribution in [0.25, 0.3) is 0 Å². The van der Waals surface area contributed by atoms with E-state index in [4.69, 9.17) is 11.6 Å². The molecule has 1 fully saturated rings. The summed E-state index contributed by atoms with van der Waals surface area (Å²) in [6.45, 7) is 3.06. The Balaban J connectivity index is 1.96. The molecular weight excluding hydrogens is 265 g/mol. The third kappa shape index (κ3) is 3.91. The Morgan fingerprint density at radius 3 is 2.68 bits per heavy atom. The van der Waals surface area contributed by atoms with E-state index in [1.54, 1.807) is 12.1 Å². The molecule has 1 saturated carbocycles. The van der Waals surface area contributed by atoms with E-state index in [0.29, 0.717) is 12.5 Å². The van der Waals surface area contributed by atoms with Gasteiger partial charge >= 0.3 is 0 Å². The highest BCUT2D eigenvalue weighted by molar-refractivity contribution is 6.30. The molecule has 2 N–H and O–H groups in total. The van der Waals surface area contributed by atoms with Gasteiger partial charge in [0.15, 0.2) is 0 Å². The van der Waals surface area contributed by atoms with Crippen molar-refractivity contribution >= 4 is 11.6 Å². The molecular formula is C15H21ClFNO. The van der Waals surface area contributed by atoms with Crippen LogP contribution in [-0.4, -0.2) is 23.3 Å². The fourth-order valence-corrected chi connectivity index (χ4v) is 2.97.